The van der Waals surface area contributed by atoms with Crippen LogP contribution in [0.15, 0.2) is 66.7 Å². The minimum absolute atomic E-state index is 0. The van der Waals surface area contributed by atoms with E-state index in [9.17, 15) is 44.4 Å². The smallest absolute Gasteiger partial charge is 0.550 e. The van der Waals surface area contributed by atoms with Crippen LogP contribution in [0.25, 0.3) is 0 Å². The molecule has 0 heterocycles. The molecule has 11 nitrogen and oxygen atoms in total. The Labute approximate surface area is 373 Å². The molecular formula is C38H48NNa3O10. The Morgan fingerprint density at radius 2 is 1.37 bits per heavy atom. The Morgan fingerprint density at radius 1 is 0.788 bits per heavy atom. The molecule has 2 N–H and O–H groups in total. The van der Waals surface area contributed by atoms with E-state index in [0.717, 1.165) is 56.6 Å². The number of allylic oxidation sites excluding steroid dienone is 1. The summed E-state index contributed by atoms with van der Waals surface area (Å²) in [6.45, 7) is 2.46. The van der Waals surface area contributed by atoms with Crippen LogP contribution in [0.5, 0.6) is 5.75 Å². The number of benzene rings is 2. The van der Waals surface area contributed by atoms with Gasteiger partial charge in [0.2, 0.25) is 5.91 Å². The number of ketones is 1. The van der Waals surface area contributed by atoms with Gasteiger partial charge in [0, 0.05) is 25.2 Å². The normalized spacial score (nSPS) is 12.9. The summed E-state index contributed by atoms with van der Waals surface area (Å²) in [5.41, 5.74) is -1.78. The molecule has 0 saturated heterocycles. The van der Waals surface area contributed by atoms with Crippen LogP contribution in [0, 0.1) is 5.92 Å². The van der Waals surface area contributed by atoms with E-state index in [4.69, 9.17) is 4.74 Å². The standard InChI is InChI=1S/C38H51NO10.3Na/c1-2-3-4-7-13-18-30(40)19-14-8-5-6-9-15-20-32(38(48,37(46)47)26-34(41)42)35(43)39-33(36(44)45)25-28-21-23-31(24-22-28)49-27-29-16-11-10-12-17-29;;;/h10-12,15-17,20-24,32-33,48H,2-9,13-14,18-19,25-27H2,1H3,(H,39,43)(H,41,42)(H,44,45)(H,46,47);;;/q;3*+1/p-3/b20-15+;;;/t32-,33+,38+;;;/m1.../s1. The minimum atomic E-state index is -3.22. The molecule has 1 amide bonds. The van der Waals surface area contributed by atoms with Crippen LogP contribution in [0.2, 0.25) is 0 Å². The first-order chi connectivity index (χ1) is 23.5. The number of unbranched alkanes of at least 4 members (excludes halogenated alkanes) is 8. The van der Waals surface area contributed by atoms with Crippen molar-refractivity contribution in [2.24, 2.45) is 5.92 Å². The van der Waals surface area contributed by atoms with Crippen molar-refractivity contribution in [1.82, 2.24) is 5.32 Å². The number of carbonyl (C=O) groups is 5. The summed E-state index contributed by atoms with van der Waals surface area (Å²) in [5, 5.41) is 48.3. The van der Waals surface area contributed by atoms with Gasteiger partial charge in [-0.1, -0.05) is 100 Å². The van der Waals surface area contributed by atoms with Crippen molar-refractivity contribution in [3.8, 4) is 5.75 Å². The number of nitrogens with one attached hydrogen (secondary N) is 1. The summed E-state index contributed by atoms with van der Waals surface area (Å²) >= 11 is 0. The van der Waals surface area contributed by atoms with Gasteiger partial charge in [-0.25, -0.2) is 0 Å². The van der Waals surface area contributed by atoms with Crippen molar-refractivity contribution in [1.29, 1.82) is 0 Å². The predicted octanol–water partition coefficient (Wildman–Crippen LogP) is -6.88. The van der Waals surface area contributed by atoms with E-state index in [1.165, 1.54) is 12.5 Å². The summed E-state index contributed by atoms with van der Waals surface area (Å²) in [6.07, 6.45) is 10.6. The van der Waals surface area contributed by atoms with Crippen molar-refractivity contribution in [3.05, 3.63) is 77.9 Å². The van der Waals surface area contributed by atoms with Gasteiger partial charge in [-0.3, -0.25) is 9.59 Å². The molecule has 0 aromatic heterocycles. The van der Waals surface area contributed by atoms with Gasteiger partial charge in [0.15, 0.2) is 0 Å². The number of hydrogen-bond acceptors (Lipinski definition) is 10. The predicted molar refractivity (Wildman–Crippen MR) is 176 cm³/mol. The van der Waals surface area contributed by atoms with Crippen molar-refractivity contribution < 1.29 is 138 Å². The van der Waals surface area contributed by atoms with Crippen LogP contribution >= 0.6 is 0 Å². The van der Waals surface area contributed by atoms with E-state index in [1.54, 1.807) is 24.3 Å². The van der Waals surface area contributed by atoms with Gasteiger partial charge in [-0.05, 0) is 55.4 Å². The topological polar surface area (TPSA) is 196 Å². The number of ether oxygens (including phenoxy) is 1. The number of rotatable bonds is 26. The van der Waals surface area contributed by atoms with Crippen LogP contribution < -0.4 is 114 Å². The minimum Gasteiger partial charge on any atom is -0.550 e. The van der Waals surface area contributed by atoms with Crippen molar-refractivity contribution in [3.63, 3.8) is 0 Å². The zero-order valence-corrected chi connectivity index (χ0v) is 37.2. The van der Waals surface area contributed by atoms with Gasteiger partial charge in [0.05, 0.1) is 23.9 Å². The summed E-state index contributed by atoms with van der Waals surface area (Å²) in [4.78, 5) is 60.6. The molecule has 2 rings (SSSR count). The Morgan fingerprint density at radius 3 is 1.90 bits per heavy atom. The average Bonchev–Trinajstić information content (AvgIpc) is 3.06. The molecule has 0 fully saturated rings. The molecule has 52 heavy (non-hydrogen) atoms. The molecule has 0 aliphatic heterocycles. The second-order valence-electron chi connectivity index (χ2n) is 12.3. The van der Waals surface area contributed by atoms with Gasteiger partial charge in [0.25, 0.3) is 0 Å². The number of carboxylic acids is 3. The molecule has 14 heteroatoms. The van der Waals surface area contributed by atoms with Crippen molar-refractivity contribution in [2.45, 2.75) is 115 Å². The Hall–Kier alpha value is -1.51. The van der Waals surface area contributed by atoms with Crippen LogP contribution in [0.4, 0.5) is 0 Å². The first-order valence-corrected chi connectivity index (χ1v) is 17.0. The largest absolute Gasteiger partial charge is 1.00 e. The second-order valence-corrected chi connectivity index (χ2v) is 12.3. The Kier molecular flexibility index (Phi) is 30.1. The van der Waals surface area contributed by atoms with E-state index in [1.807, 2.05) is 30.3 Å². The van der Waals surface area contributed by atoms with E-state index < -0.39 is 47.8 Å². The number of carboxylic acid groups (broad SMARTS) is 3. The number of aliphatic carboxylic acids is 3. The maximum Gasteiger partial charge on any atom is 1.00 e. The Balaban J connectivity index is 0. The molecular weight excluding hydrogens is 699 g/mol. The summed E-state index contributed by atoms with van der Waals surface area (Å²) < 4.78 is 5.73. The summed E-state index contributed by atoms with van der Waals surface area (Å²) in [5.74, 6) is -8.33. The van der Waals surface area contributed by atoms with Crippen molar-refractivity contribution >= 4 is 29.6 Å². The monoisotopic (exact) mass is 747 g/mol. The summed E-state index contributed by atoms with van der Waals surface area (Å²) in [6, 6.07) is 14.3. The maximum atomic E-state index is 13.3. The molecule has 2 aromatic carbocycles. The zero-order chi connectivity index (χ0) is 36.1. The Bertz CT molecular complexity index is 1370. The van der Waals surface area contributed by atoms with E-state index in [-0.39, 0.29) is 101 Å². The number of Topliss-reactive ketones (excluding diaryl/α,β-unsaturated/α-hetero) is 1. The zero-order valence-electron chi connectivity index (χ0n) is 31.2. The first-order valence-electron chi connectivity index (χ1n) is 17.0. The SMILES string of the molecule is CCCCCCCC(=O)CCCCCC/C=C/[C@H](C(=O)N[C@@H](Cc1ccc(OCc2ccccc2)cc1)C(=O)[O-])[C@@](O)(CC(=O)[O-])C(=O)[O-].[Na+].[Na+].[Na+]. The molecule has 3 atom stereocenters. The third-order valence-electron chi connectivity index (χ3n) is 8.24. The molecule has 0 aliphatic rings. The molecule has 0 bridgehead atoms. The fourth-order valence-electron chi connectivity index (χ4n) is 5.37. The maximum absolute atomic E-state index is 13.3. The quantitative estimate of drug-likeness (QED) is 0.0531. The third-order valence-corrected chi connectivity index (χ3v) is 8.24. The molecule has 0 unspecified atom stereocenters. The van der Waals surface area contributed by atoms with E-state index in [0.29, 0.717) is 43.6 Å². The molecule has 0 radical (unpaired) electrons. The second kappa shape index (κ2) is 29.8. The van der Waals surface area contributed by atoms with Gasteiger partial charge < -0.3 is 44.9 Å². The molecule has 0 saturated carbocycles. The molecule has 268 valence electrons. The number of amides is 1. The average molecular weight is 748 g/mol. The number of hydrogen-bond donors (Lipinski definition) is 2. The molecule has 0 aliphatic carbocycles. The van der Waals surface area contributed by atoms with E-state index >= 15 is 0 Å². The fraction of sp³-hybridized carbons (Fsp3) is 0.500. The fourth-order valence-corrected chi connectivity index (χ4v) is 5.37. The summed E-state index contributed by atoms with van der Waals surface area (Å²) in [7, 11) is 0. The van der Waals surface area contributed by atoms with Crippen LogP contribution in [-0.4, -0.2) is 46.3 Å². The number of carbonyl (C=O) groups excluding carboxylic acids is 5. The molecule has 0 spiro atoms. The van der Waals surface area contributed by atoms with Gasteiger partial charge in [0.1, 0.15) is 23.7 Å². The third kappa shape index (κ3) is 20.8. The van der Waals surface area contributed by atoms with Gasteiger partial charge >= 0.3 is 88.7 Å². The van der Waals surface area contributed by atoms with Crippen LogP contribution in [0.1, 0.15) is 102 Å². The first kappa shape index (κ1) is 52.6. The van der Waals surface area contributed by atoms with Crippen LogP contribution in [0.3, 0.4) is 0 Å². The van der Waals surface area contributed by atoms with E-state index in [2.05, 4.69) is 12.2 Å². The number of aliphatic hydroxyl groups is 1. The van der Waals surface area contributed by atoms with Gasteiger partial charge in [-0.15, -0.1) is 0 Å². The van der Waals surface area contributed by atoms with Gasteiger partial charge in [-0.2, -0.15) is 0 Å². The van der Waals surface area contributed by atoms with Crippen molar-refractivity contribution in [2.75, 3.05) is 0 Å². The van der Waals surface area contributed by atoms with Crippen LogP contribution in [-0.2, 0) is 37.0 Å². The molecule has 2 aromatic rings.